The second-order valence-corrected chi connectivity index (χ2v) is 6.83. The Labute approximate surface area is 162 Å². The molecule has 1 aromatic rings. The van der Waals surface area contributed by atoms with Crippen molar-refractivity contribution in [2.24, 2.45) is 0 Å². The number of ether oxygens (including phenoxy) is 1. The van der Waals surface area contributed by atoms with Gasteiger partial charge in [0.25, 0.3) is 5.91 Å². The fourth-order valence-corrected chi connectivity index (χ4v) is 3.28. The van der Waals surface area contributed by atoms with Crippen LogP contribution in [0.3, 0.4) is 0 Å². The van der Waals surface area contributed by atoms with E-state index in [1.165, 1.54) is 0 Å². The first kappa shape index (κ1) is 21.0. The molecule has 1 aliphatic heterocycles. The van der Waals surface area contributed by atoms with E-state index in [1.54, 1.807) is 18.0 Å². The van der Waals surface area contributed by atoms with E-state index in [2.05, 4.69) is 29.0 Å². The van der Waals surface area contributed by atoms with Gasteiger partial charge in [-0.25, -0.2) is 9.78 Å². The highest BCUT2D eigenvalue weighted by molar-refractivity contribution is 5.94. The third-order valence-corrected chi connectivity index (χ3v) is 4.68. The van der Waals surface area contributed by atoms with E-state index in [4.69, 9.17) is 4.74 Å². The number of nitrogens with zero attached hydrogens (tertiary/aromatic N) is 3. The van der Waals surface area contributed by atoms with Gasteiger partial charge < -0.3 is 19.9 Å². The number of hydrogen-bond acceptors (Lipinski definition) is 5. The fraction of sp³-hybridized carbons (Fsp3) is 0.650. The summed E-state index contributed by atoms with van der Waals surface area (Å²) in [6, 6.07) is 3.83. The normalized spacial score (nSPS) is 14.7. The third-order valence-electron chi connectivity index (χ3n) is 4.68. The summed E-state index contributed by atoms with van der Waals surface area (Å²) in [7, 11) is 0. The van der Waals surface area contributed by atoms with Crippen molar-refractivity contribution in [2.75, 3.05) is 37.7 Å². The van der Waals surface area contributed by atoms with Gasteiger partial charge in [-0.05, 0) is 44.7 Å². The Kier molecular flexibility index (Phi) is 8.36. The van der Waals surface area contributed by atoms with Crippen molar-refractivity contribution in [2.45, 2.75) is 52.5 Å². The molecule has 0 atom stereocenters. The molecule has 1 fully saturated rings. The molecule has 150 valence electrons. The first-order valence-electron chi connectivity index (χ1n) is 10.0. The Balaban J connectivity index is 1.87. The first-order valence-corrected chi connectivity index (χ1v) is 10.0. The molecular weight excluding hydrogens is 344 g/mol. The van der Waals surface area contributed by atoms with Crippen LogP contribution in [0.4, 0.5) is 10.6 Å². The lowest BCUT2D eigenvalue weighted by Gasteiger charge is -2.31. The lowest BCUT2D eigenvalue weighted by molar-refractivity contribution is 0.0860. The fourth-order valence-electron chi connectivity index (χ4n) is 3.28. The molecule has 1 aromatic heterocycles. The second kappa shape index (κ2) is 10.7. The summed E-state index contributed by atoms with van der Waals surface area (Å²) in [5.74, 6) is 0.805. The summed E-state index contributed by atoms with van der Waals surface area (Å²) in [5, 5.41) is 3.05. The molecule has 0 bridgehead atoms. The first-order chi connectivity index (χ1) is 13.1. The lowest BCUT2D eigenvalue weighted by Crippen LogP contribution is -2.46. The highest BCUT2D eigenvalue weighted by Gasteiger charge is 2.24. The van der Waals surface area contributed by atoms with Crippen LogP contribution in [0.2, 0.25) is 0 Å². The van der Waals surface area contributed by atoms with Crippen LogP contribution in [0.5, 0.6) is 0 Å². The zero-order valence-corrected chi connectivity index (χ0v) is 16.7. The number of piperidine rings is 1. The van der Waals surface area contributed by atoms with Crippen molar-refractivity contribution in [1.82, 2.24) is 15.2 Å². The van der Waals surface area contributed by atoms with E-state index in [9.17, 15) is 9.59 Å². The highest BCUT2D eigenvalue weighted by atomic mass is 16.6. The quantitative estimate of drug-likeness (QED) is 0.755. The minimum absolute atomic E-state index is 0.0690. The van der Waals surface area contributed by atoms with Crippen LogP contribution in [0.15, 0.2) is 18.3 Å². The number of amides is 2. The van der Waals surface area contributed by atoms with Crippen molar-refractivity contribution in [3.05, 3.63) is 23.9 Å². The third kappa shape index (κ3) is 6.12. The molecule has 7 heteroatoms. The Morgan fingerprint density at radius 3 is 2.37 bits per heavy atom. The largest absolute Gasteiger partial charge is 0.450 e. The molecule has 7 nitrogen and oxygen atoms in total. The van der Waals surface area contributed by atoms with E-state index in [0.29, 0.717) is 25.3 Å². The Morgan fingerprint density at radius 2 is 1.85 bits per heavy atom. The maximum atomic E-state index is 12.5. The Bertz CT molecular complexity index is 592. The molecule has 27 heavy (non-hydrogen) atoms. The number of pyridine rings is 1. The number of anilines is 1. The van der Waals surface area contributed by atoms with Crippen molar-refractivity contribution >= 4 is 17.8 Å². The van der Waals surface area contributed by atoms with Crippen LogP contribution in [0.25, 0.3) is 0 Å². The maximum Gasteiger partial charge on any atom is 0.409 e. The highest BCUT2D eigenvalue weighted by Crippen LogP contribution is 2.15. The molecule has 0 unspecified atom stereocenters. The molecule has 0 aliphatic carbocycles. The van der Waals surface area contributed by atoms with Crippen molar-refractivity contribution < 1.29 is 14.3 Å². The summed E-state index contributed by atoms with van der Waals surface area (Å²) >= 11 is 0. The van der Waals surface area contributed by atoms with Gasteiger partial charge in [-0.15, -0.1) is 0 Å². The molecule has 1 N–H and O–H groups in total. The second-order valence-electron chi connectivity index (χ2n) is 6.83. The van der Waals surface area contributed by atoms with Gasteiger partial charge >= 0.3 is 6.09 Å². The minimum atomic E-state index is -0.272. The molecule has 2 amide bonds. The number of carbonyl (C=O) groups excluding carboxylic acids is 2. The molecule has 0 radical (unpaired) electrons. The van der Waals surface area contributed by atoms with E-state index in [0.717, 1.165) is 44.6 Å². The number of likely N-dealkylation sites (tertiary alicyclic amines) is 1. The van der Waals surface area contributed by atoms with Gasteiger partial charge in [0.2, 0.25) is 0 Å². The number of nitrogens with one attached hydrogen (secondary N) is 1. The summed E-state index contributed by atoms with van der Waals surface area (Å²) in [4.78, 5) is 32.6. The molecule has 1 saturated heterocycles. The van der Waals surface area contributed by atoms with Crippen molar-refractivity contribution in [3.63, 3.8) is 0 Å². The van der Waals surface area contributed by atoms with Crippen LogP contribution in [0, 0.1) is 0 Å². The van der Waals surface area contributed by atoms with Gasteiger partial charge in [0.1, 0.15) is 5.82 Å². The van der Waals surface area contributed by atoms with Gasteiger partial charge in [-0.2, -0.15) is 0 Å². The van der Waals surface area contributed by atoms with Gasteiger partial charge in [0.15, 0.2) is 0 Å². The predicted molar refractivity (Wildman–Crippen MR) is 106 cm³/mol. The molecule has 0 spiro atoms. The van der Waals surface area contributed by atoms with E-state index in [-0.39, 0.29) is 18.0 Å². The number of aromatic nitrogens is 1. The van der Waals surface area contributed by atoms with Crippen LogP contribution in [-0.2, 0) is 4.74 Å². The monoisotopic (exact) mass is 376 g/mol. The minimum Gasteiger partial charge on any atom is -0.450 e. The average Bonchev–Trinajstić information content (AvgIpc) is 2.68. The van der Waals surface area contributed by atoms with Gasteiger partial charge in [-0.3, -0.25) is 4.79 Å². The van der Waals surface area contributed by atoms with Gasteiger partial charge in [0, 0.05) is 38.4 Å². The van der Waals surface area contributed by atoms with Gasteiger partial charge in [0.05, 0.1) is 12.2 Å². The summed E-state index contributed by atoms with van der Waals surface area (Å²) < 4.78 is 5.02. The summed E-state index contributed by atoms with van der Waals surface area (Å²) in [6.45, 7) is 9.61. The van der Waals surface area contributed by atoms with Crippen molar-refractivity contribution in [3.8, 4) is 0 Å². The smallest absolute Gasteiger partial charge is 0.409 e. The standard InChI is InChI=1S/C20H32N4O3/c1-4-11-23(12-5-2)18-8-7-16(15-21-18)19(25)22-17-9-13-24(14-10-17)20(26)27-6-3/h7-8,15,17H,4-6,9-14H2,1-3H3,(H,22,25). The van der Waals surface area contributed by atoms with Crippen LogP contribution in [-0.4, -0.2) is 60.7 Å². The van der Waals surface area contributed by atoms with E-state index < -0.39 is 0 Å². The maximum absolute atomic E-state index is 12.5. The Hall–Kier alpha value is -2.31. The van der Waals surface area contributed by atoms with Crippen LogP contribution >= 0.6 is 0 Å². The zero-order valence-electron chi connectivity index (χ0n) is 16.7. The Morgan fingerprint density at radius 1 is 1.19 bits per heavy atom. The lowest BCUT2D eigenvalue weighted by atomic mass is 10.0. The van der Waals surface area contributed by atoms with E-state index >= 15 is 0 Å². The molecule has 0 aromatic carbocycles. The summed E-state index contributed by atoms with van der Waals surface area (Å²) in [5.41, 5.74) is 0.569. The molecular formula is C20H32N4O3. The van der Waals surface area contributed by atoms with Crippen LogP contribution < -0.4 is 10.2 Å². The number of rotatable bonds is 8. The number of hydrogen-bond donors (Lipinski definition) is 1. The average molecular weight is 377 g/mol. The zero-order chi connectivity index (χ0) is 19.6. The predicted octanol–water partition coefficient (Wildman–Crippen LogP) is 3.06. The molecule has 0 saturated carbocycles. The van der Waals surface area contributed by atoms with Crippen molar-refractivity contribution in [1.29, 1.82) is 0 Å². The molecule has 2 heterocycles. The van der Waals surface area contributed by atoms with E-state index in [1.807, 2.05) is 12.1 Å². The SMILES string of the molecule is CCCN(CCC)c1ccc(C(=O)NC2CCN(C(=O)OCC)CC2)cn1. The molecule has 2 rings (SSSR count). The molecule has 1 aliphatic rings. The van der Waals surface area contributed by atoms with Gasteiger partial charge in [-0.1, -0.05) is 13.8 Å². The van der Waals surface area contributed by atoms with Crippen LogP contribution in [0.1, 0.15) is 56.8 Å². The number of carbonyl (C=O) groups is 2. The topological polar surface area (TPSA) is 74.8 Å². The summed E-state index contributed by atoms with van der Waals surface area (Å²) in [6.07, 6.45) is 4.97.